The Morgan fingerprint density at radius 1 is 1.26 bits per heavy atom. The third kappa shape index (κ3) is 7.17. The van der Waals surface area contributed by atoms with Crippen molar-refractivity contribution in [3.63, 3.8) is 0 Å². The Morgan fingerprint density at radius 2 is 1.84 bits per heavy atom. The van der Waals surface area contributed by atoms with Crippen LogP contribution in [0.4, 0.5) is 0 Å². The van der Waals surface area contributed by atoms with Crippen LogP contribution in [-0.4, -0.2) is 18.5 Å². The van der Waals surface area contributed by atoms with Crippen LogP contribution in [-0.2, 0) is 4.79 Å². The van der Waals surface area contributed by atoms with Gasteiger partial charge in [0.25, 0.3) is 0 Å². The number of halogens is 1. The Kier molecular flexibility index (Phi) is 8.67. The molecule has 0 heterocycles. The molecule has 0 spiro atoms. The van der Waals surface area contributed by atoms with Crippen LogP contribution in [0.5, 0.6) is 0 Å². The molecule has 3 nitrogen and oxygen atoms in total. The predicted octanol–water partition coefficient (Wildman–Crippen LogP) is 3.26. The number of nitrogens with two attached hydrogens (primary N) is 1. The van der Waals surface area contributed by atoms with E-state index < -0.39 is 0 Å². The molecule has 3 N–H and O–H groups in total. The van der Waals surface area contributed by atoms with Crippen molar-refractivity contribution in [3.8, 4) is 0 Å². The molecule has 1 amide bonds. The summed E-state index contributed by atoms with van der Waals surface area (Å²) in [6.07, 6.45) is 7.78. The van der Waals surface area contributed by atoms with Crippen LogP contribution in [0, 0.1) is 11.3 Å². The Balaban J connectivity index is 0.00000324. The molecule has 4 heteroatoms. The molecule has 0 aromatic heterocycles. The number of hydrogen-bond donors (Lipinski definition) is 2. The summed E-state index contributed by atoms with van der Waals surface area (Å²) in [6.45, 7) is 7.36. The Hall–Kier alpha value is -0.280. The second-order valence-corrected chi connectivity index (χ2v) is 6.60. The average molecular weight is 291 g/mol. The summed E-state index contributed by atoms with van der Waals surface area (Å²) in [5, 5.41) is 3.13. The van der Waals surface area contributed by atoms with E-state index in [0.717, 1.165) is 13.0 Å². The van der Waals surface area contributed by atoms with Gasteiger partial charge in [-0.25, -0.2) is 0 Å². The highest BCUT2D eigenvalue weighted by Gasteiger charge is 2.34. The summed E-state index contributed by atoms with van der Waals surface area (Å²) in [5.41, 5.74) is 6.04. The van der Waals surface area contributed by atoms with Crippen molar-refractivity contribution < 1.29 is 4.79 Å². The highest BCUT2D eigenvalue weighted by molar-refractivity contribution is 5.85. The summed E-state index contributed by atoms with van der Waals surface area (Å²) in [6, 6.07) is 0.117. The minimum absolute atomic E-state index is 0. The van der Waals surface area contributed by atoms with E-state index in [0.29, 0.717) is 17.8 Å². The molecular formula is C15H31ClN2O. The van der Waals surface area contributed by atoms with Gasteiger partial charge in [0, 0.05) is 19.0 Å². The van der Waals surface area contributed by atoms with E-state index in [1.165, 1.54) is 32.1 Å². The van der Waals surface area contributed by atoms with Crippen LogP contribution in [0.15, 0.2) is 0 Å². The van der Waals surface area contributed by atoms with E-state index in [1.807, 2.05) is 6.92 Å². The van der Waals surface area contributed by atoms with E-state index in [4.69, 9.17) is 5.73 Å². The quantitative estimate of drug-likeness (QED) is 0.756. The van der Waals surface area contributed by atoms with Gasteiger partial charge in [-0.05, 0) is 43.9 Å². The maximum atomic E-state index is 11.8. The highest BCUT2D eigenvalue weighted by Crippen LogP contribution is 2.42. The van der Waals surface area contributed by atoms with Crippen LogP contribution >= 0.6 is 12.4 Å². The van der Waals surface area contributed by atoms with E-state index in [2.05, 4.69) is 19.2 Å². The first-order valence-corrected chi connectivity index (χ1v) is 7.46. The van der Waals surface area contributed by atoms with Crippen molar-refractivity contribution in [2.75, 3.05) is 6.54 Å². The fourth-order valence-corrected chi connectivity index (χ4v) is 3.18. The fourth-order valence-electron chi connectivity index (χ4n) is 3.18. The normalized spacial score (nSPS) is 19.0. The zero-order chi connectivity index (χ0) is 13.6. The summed E-state index contributed by atoms with van der Waals surface area (Å²) in [4.78, 5) is 11.8. The van der Waals surface area contributed by atoms with Crippen molar-refractivity contribution in [1.29, 1.82) is 0 Å². The smallest absolute Gasteiger partial charge is 0.220 e. The molecule has 1 aliphatic carbocycles. The molecule has 1 atom stereocenters. The van der Waals surface area contributed by atoms with Gasteiger partial charge >= 0.3 is 0 Å². The summed E-state index contributed by atoms with van der Waals surface area (Å²) in [7, 11) is 0. The third-order valence-electron chi connectivity index (χ3n) is 3.99. The topological polar surface area (TPSA) is 55.1 Å². The first kappa shape index (κ1) is 18.7. The van der Waals surface area contributed by atoms with Crippen molar-refractivity contribution in [2.45, 2.75) is 71.8 Å². The maximum Gasteiger partial charge on any atom is 0.220 e. The van der Waals surface area contributed by atoms with Crippen molar-refractivity contribution in [2.24, 2.45) is 17.1 Å². The summed E-state index contributed by atoms with van der Waals surface area (Å²) < 4.78 is 0. The standard InChI is InChI=1S/C15H30N2O.ClH/c1-12(2)10-15(8-4-5-9-15)11-17-14(18)7-6-13(3)16;/h12-13H,4-11,16H2,1-3H3,(H,17,18);1H. The molecule has 114 valence electrons. The first-order valence-electron chi connectivity index (χ1n) is 7.46. The third-order valence-corrected chi connectivity index (χ3v) is 3.99. The number of amides is 1. The van der Waals surface area contributed by atoms with Crippen LogP contribution in [0.1, 0.15) is 65.7 Å². The van der Waals surface area contributed by atoms with E-state index in [9.17, 15) is 4.79 Å². The van der Waals surface area contributed by atoms with E-state index in [1.54, 1.807) is 0 Å². The molecule has 19 heavy (non-hydrogen) atoms. The van der Waals surface area contributed by atoms with Crippen LogP contribution < -0.4 is 11.1 Å². The van der Waals surface area contributed by atoms with Crippen LogP contribution in [0.25, 0.3) is 0 Å². The van der Waals surface area contributed by atoms with Crippen molar-refractivity contribution in [1.82, 2.24) is 5.32 Å². The molecule has 0 radical (unpaired) electrons. The molecule has 1 saturated carbocycles. The molecule has 0 saturated heterocycles. The Bertz CT molecular complexity index is 261. The van der Waals surface area contributed by atoms with Gasteiger partial charge in [-0.1, -0.05) is 26.7 Å². The van der Waals surface area contributed by atoms with Crippen molar-refractivity contribution in [3.05, 3.63) is 0 Å². The zero-order valence-corrected chi connectivity index (χ0v) is 13.5. The fraction of sp³-hybridized carbons (Fsp3) is 0.933. The van der Waals surface area contributed by atoms with Gasteiger partial charge in [0.1, 0.15) is 0 Å². The van der Waals surface area contributed by atoms with Gasteiger partial charge in [0.15, 0.2) is 0 Å². The maximum absolute atomic E-state index is 11.8. The molecular weight excluding hydrogens is 260 g/mol. The van der Waals surface area contributed by atoms with Gasteiger partial charge in [-0.2, -0.15) is 0 Å². The second-order valence-electron chi connectivity index (χ2n) is 6.60. The summed E-state index contributed by atoms with van der Waals surface area (Å²) >= 11 is 0. The van der Waals surface area contributed by atoms with E-state index >= 15 is 0 Å². The molecule has 1 fully saturated rings. The van der Waals surface area contributed by atoms with Gasteiger partial charge in [0.05, 0.1) is 0 Å². The lowest BCUT2D eigenvalue weighted by atomic mass is 9.78. The lowest BCUT2D eigenvalue weighted by Crippen LogP contribution is -2.37. The molecule has 1 unspecified atom stereocenters. The molecule has 0 aliphatic heterocycles. The van der Waals surface area contributed by atoms with Gasteiger partial charge in [0.2, 0.25) is 5.91 Å². The second kappa shape index (κ2) is 8.80. The largest absolute Gasteiger partial charge is 0.356 e. The number of hydrogen-bond acceptors (Lipinski definition) is 2. The molecule has 0 bridgehead atoms. The SMILES string of the molecule is CC(C)CC1(CNC(=O)CCC(C)N)CCCC1.Cl. The molecule has 1 aliphatic rings. The van der Waals surface area contributed by atoms with Gasteiger partial charge in [-0.3, -0.25) is 4.79 Å². The number of rotatable bonds is 7. The van der Waals surface area contributed by atoms with Crippen LogP contribution in [0.3, 0.4) is 0 Å². The lowest BCUT2D eigenvalue weighted by Gasteiger charge is -2.31. The average Bonchev–Trinajstić information content (AvgIpc) is 2.71. The molecule has 1 rings (SSSR count). The predicted molar refractivity (Wildman–Crippen MR) is 83.5 cm³/mol. The van der Waals surface area contributed by atoms with Crippen LogP contribution in [0.2, 0.25) is 0 Å². The number of carbonyl (C=O) groups excluding carboxylic acids is 1. The number of nitrogens with one attached hydrogen (secondary N) is 1. The van der Waals surface area contributed by atoms with Crippen molar-refractivity contribution >= 4 is 18.3 Å². The van der Waals surface area contributed by atoms with Gasteiger partial charge in [-0.15, -0.1) is 12.4 Å². The Morgan fingerprint density at radius 3 is 2.32 bits per heavy atom. The first-order chi connectivity index (χ1) is 8.43. The Labute approximate surface area is 124 Å². The minimum atomic E-state index is 0. The molecule has 0 aromatic carbocycles. The number of carbonyl (C=O) groups is 1. The lowest BCUT2D eigenvalue weighted by molar-refractivity contribution is -0.121. The van der Waals surface area contributed by atoms with Gasteiger partial charge < -0.3 is 11.1 Å². The molecule has 0 aromatic rings. The van der Waals surface area contributed by atoms with E-state index in [-0.39, 0.29) is 24.4 Å². The summed E-state index contributed by atoms with van der Waals surface area (Å²) in [5.74, 6) is 0.881. The highest BCUT2D eigenvalue weighted by atomic mass is 35.5. The monoisotopic (exact) mass is 290 g/mol. The zero-order valence-electron chi connectivity index (χ0n) is 12.7. The minimum Gasteiger partial charge on any atom is -0.356 e.